The van der Waals surface area contributed by atoms with Gasteiger partial charge in [0.05, 0.1) is 57.0 Å². The van der Waals surface area contributed by atoms with Gasteiger partial charge in [0.2, 0.25) is 0 Å². The summed E-state index contributed by atoms with van der Waals surface area (Å²) in [7, 11) is 0. The highest BCUT2D eigenvalue weighted by atomic mass is 15.0. The van der Waals surface area contributed by atoms with Gasteiger partial charge in [0.1, 0.15) is 0 Å². The van der Waals surface area contributed by atoms with E-state index in [0.29, 0.717) is 45.3 Å². The number of hydrogen-bond acceptors (Lipinski definition) is 6. The van der Waals surface area contributed by atoms with Crippen molar-refractivity contribution < 1.29 is 0 Å². The van der Waals surface area contributed by atoms with E-state index in [1.165, 1.54) is 0 Å². The SMILES string of the molecule is N#Cc1ccc(-c2ccccc2-c2nc(-c3cc(-c4cccc(C#N)c4)cc(-n4c5ccc(-c6ccccc6)cc5c5cc(-c6ccccc6)ccc54)c3)nc(-c3cc(-c4cccc(C#N)c4)cc(-n4c5ccc(-c6ccccc6)cc5c5cc(-c6ccccc6)ccc54)c3)n2)cc1. The molecule has 3 aromatic heterocycles. The van der Waals surface area contributed by atoms with E-state index in [-0.39, 0.29) is 0 Å². The number of nitrogens with zero attached hydrogens (tertiary/aromatic N) is 8. The topological polar surface area (TPSA) is 120 Å². The first-order valence-electron chi connectivity index (χ1n) is 32.5. The Kier molecular flexibility index (Phi) is 14.5. The summed E-state index contributed by atoms with van der Waals surface area (Å²) in [6.45, 7) is 0. The van der Waals surface area contributed by atoms with E-state index in [2.05, 4.69) is 240 Å². The second-order valence-electron chi connectivity index (χ2n) is 24.5. The maximum absolute atomic E-state index is 10.4. The molecule has 0 aliphatic heterocycles. The number of nitriles is 3. The highest BCUT2D eigenvalue weighted by Crippen LogP contribution is 2.43. The summed E-state index contributed by atoms with van der Waals surface area (Å²) in [4.78, 5) is 16.8. The maximum Gasteiger partial charge on any atom is 0.164 e. The molecule has 0 N–H and O–H groups in total. The van der Waals surface area contributed by atoms with Crippen LogP contribution in [0.2, 0.25) is 0 Å². The van der Waals surface area contributed by atoms with E-state index in [1.807, 2.05) is 115 Å². The van der Waals surface area contributed by atoms with Crippen LogP contribution in [-0.4, -0.2) is 24.1 Å². The predicted molar refractivity (Wildman–Crippen MR) is 397 cm³/mol. The van der Waals surface area contributed by atoms with Crippen molar-refractivity contribution in [2.75, 3.05) is 0 Å². The third-order valence-electron chi connectivity index (χ3n) is 18.6. The van der Waals surface area contributed by atoms with E-state index >= 15 is 0 Å². The second kappa shape index (κ2) is 24.6. The van der Waals surface area contributed by atoms with Crippen LogP contribution in [0, 0.1) is 34.0 Å². The zero-order chi connectivity index (χ0) is 65.6. The van der Waals surface area contributed by atoms with E-state index in [9.17, 15) is 15.8 Å². The largest absolute Gasteiger partial charge is 0.309 e. The zero-order valence-corrected chi connectivity index (χ0v) is 52.8. The Bertz CT molecular complexity index is 5610. The molecular weight excluding hydrogens is 1190 g/mol. The second-order valence-corrected chi connectivity index (χ2v) is 24.5. The first kappa shape index (κ1) is 58.0. The summed E-state index contributed by atoms with van der Waals surface area (Å²) in [5, 5.41) is 35.1. The lowest BCUT2D eigenvalue weighted by molar-refractivity contribution is 1.07. The molecule has 0 fully saturated rings. The smallest absolute Gasteiger partial charge is 0.164 e. The van der Waals surface area contributed by atoms with E-state index in [0.717, 1.165) is 138 Å². The third-order valence-corrected chi connectivity index (χ3v) is 18.6. The summed E-state index contributed by atoms with van der Waals surface area (Å²) in [6, 6.07) is 120. The van der Waals surface area contributed by atoms with Crippen molar-refractivity contribution in [1.29, 1.82) is 15.8 Å². The number of aromatic nitrogens is 5. The molecule has 17 aromatic rings. The Morgan fingerprint density at radius 3 is 0.878 bits per heavy atom. The first-order valence-corrected chi connectivity index (χ1v) is 32.5. The van der Waals surface area contributed by atoms with E-state index in [4.69, 9.17) is 15.0 Å². The number of fused-ring (bicyclic) bond motifs is 6. The Labute approximate surface area is 566 Å². The summed E-state index contributed by atoms with van der Waals surface area (Å²) in [5.74, 6) is 1.25. The molecule has 14 aromatic carbocycles. The van der Waals surface area contributed by atoms with Gasteiger partial charge >= 0.3 is 0 Å². The number of benzene rings is 14. The standard InChI is InChI=1S/C90H54N8/c91-55-58-31-33-65(34-32-58)78-29-13-14-30-79(78)90-95-88(74-45-72(66-27-15-17-59(43-66)56-92)47-76(49-74)97-84-39-35-68(61-19-5-1-6-20-61)51-80(84)81-52-69(36-40-85(81)97)62-21-7-2-8-22-62)94-89(96-90)75-46-73(67-28-16-18-60(44-67)57-93)48-77(50-75)98-86-41-37-70(63-23-9-3-10-24-63)53-82(86)83-54-71(38-42-87(83)98)64-25-11-4-12-26-64/h1-54H. The third kappa shape index (κ3) is 10.7. The molecule has 0 atom stereocenters. The fraction of sp³-hybridized carbons (Fsp3) is 0. The van der Waals surface area contributed by atoms with Crippen LogP contribution in [0.4, 0.5) is 0 Å². The van der Waals surface area contributed by atoms with Crippen molar-refractivity contribution in [3.63, 3.8) is 0 Å². The van der Waals surface area contributed by atoms with Gasteiger partial charge in [0, 0.05) is 49.6 Å². The number of rotatable bonds is 12. The van der Waals surface area contributed by atoms with E-state index < -0.39 is 0 Å². The molecule has 0 amide bonds. The summed E-state index contributed by atoms with van der Waals surface area (Å²) < 4.78 is 4.67. The van der Waals surface area contributed by atoms with Crippen molar-refractivity contribution in [3.8, 4) is 142 Å². The molecule has 0 spiro atoms. The van der Waals surface area contributed by atoms with Crippen LogP contribution in [-0.2, 0) is 0 Å². The molecular formula is C90H54N8. The lowest BCUT2D eigenvalue weighted by Crippen LogP contribution is -2.03. The van der Waals surface area contributed by atoms with Crippen LogP contribution in [0.5, 0.6) is 0 Å². The summed E-state index contributed by atoms with van der Waals surface area (Å²) in [5.41, 5.74) is 23.6. The highest BCUT2D eigenvalue weighted by molar-refractivity contribution is 6.13. The molecule has 0 saturated heterocycles. The fourth-order valence-corrected chi connectivity index (χ4v) is 13.9. The molecule has 17 rings (SSSR count). The molecule has 0 unspecified atom stereocenters. The van der Waals surface area contributed by atoms with Gasteiger partial charge in [0.25, 0.3) is 0 Å². The minimum absolute atomic E-state index is 0.412. The summed E-state index contributed by atoms with van der Waals surface area (Å²) in [6.07, 6.45) is 0. The van der Waals surface area contributed by atoms with Crippen molar-refractivity contribution in [3.05, 3.63) is 344 Å². The minimum atomic E-state index is 0.412. The van der Waals surface area contributed by atoms with Gasteiger partial charge in [-0.1, -0.05) is 206 Å². The normalized spacial score (nSPS) is 11.2. The van der Waals surface area contributed by atoms with Crippen LogP contribution >= 0.6 is 0 Å². The molecule has 0 radical (unpaired) electrons. The van der Waals surface area contributed by atoms with Gasteiger partial charge < -0.3 is 9.13 Å². The number of hydrogen-bond donors (Lipinski definition) is 0. The molecule has 0 aliphatic carbocycles. The van der Waals surface area contributed by atoms with Gasteiger partial charge in [-0.3, -0.25) is 0 Å². The lowest BCUT2D eigenvalue weighted by atomic mass is 9.97. The Hall–Kier alpha value is -13.8. The van der Waals surface area contributed by atoms with Crippen LogP contribution in [0.1, 0.15) is 16.7 Å². The van der Waals surface area contributed by atoms with Gasteiger partial charge in [-0.05, 0) is 199 Å². The molecule has 0 bridgehead atoms. The molecule has 454 valence electrons. The average Bonchev–Trinajstić information content (AvgIpc) is 1.57. The Morgan fingerprint density at radius 1 is 0.204 bits per heavy atom. The van der Waals surface area contributed by atoms with Crippen molar-refractivity contribution >= 4 is 43.6 Å². The highest BCUT2D eigenvalue weighted by Gasteiger charge is 2.23. The maximum atomic E-state index is 10.4. The van der Waals surface area contributed by atoms with Crippen LogP contribution < -0.4 is 0 Å². The summed E-state index contributed by atoms with van der Waals surface area (Å²) >= 11 is 0. The van der Waals surface area contributed by atoms with Gasteiger partial charge in [-0.15, -0.1) is 0 Å². The molecule has 98 heavy (non-hydrogen) atoms. The van der Waals surface area contributed by atoms with Crippen molar-refractivity contribution in [2.45, 2.75) is 0 Å². The van der Waals surface area contributed by atoms with Crippen molar-refractivity contribution in [2.24, 2.45) is 0 Å². The lowest BCUT2D eigenvalue weighted by Gasteiger charge is -2.17. The van der Waals surface area contributed by atoms with Crippen LogP contribution in [0.15, 0.2) is 328 Å². The monoisotopic (exact) mass is 1250 g/mol. The van der Waals surface area contributed by atoms with Crippen molar-refractivity contribution in [1.82, 2.24) is 24.1 Å². The Morgan fingerprint density at radius 2 is 0.510 bits per heavy atom. The fourth-order valence-electron chi connectivity index (χ4n) is 13.9. The van der Waals surface area contributed by atoms with Crippen LogP contribution in [0.25, 0.3) is 167 Å². The Balaban J connectivity index is 0.937. The molecule has 0 saturated carbocycles. The quantitative estimate of drug-likeness (QED) is 0.120. The van der Waals surface area contributed by atoms with Gasteiger partial charge in [-0.2, -0.15) is 15.8 Å². The molecule has 0 aliphatic rings. The molecule has 3 heterocycles. The van der Waals surface area contributed by atoms with Gasteiger partial charge in [0.15, 0.2) is 17.5 Å². The minimum Gasteiger partial charge on any atom is -0.309 e. The average molecular weight is 1250 g/mol. The zero-order valence-electron chi connectivity index (χ0n) is 52.8. The first-order chi connectivity index (χ1) is 48.4. The van der Waals surface area contributed by atoms with E-state index in [1.54, 1.807) is 0 Å². The predicted octanol–water partition coefficient (Wildman–Crippen LogP) is 22.4. The van der Waals surface area contributed by atoms with Gasteiger partial charge in [-0.25, -0.2) is 15.0 Å². The molecule has 8 heteroatoms. The van der Waals surface area contributed by atoms with Crippen LogP contribution in [0.3, 0.4) is 0 Å². The molecule has 8 nitrogen and oxygen atoms in total.